The predicted octanol–water partition coefficient (Wildman–Crippen LogP) is 4.51. The summed E-state index contributed by atoms with van der Waals surface area (Å²) in [5, 5.41) is 0.339. The maximum absolute atomic E-state index is 13.0. The maximum atomic E-state index is 13.0. The molecule has 5 nitrogen and oxygen atoms in total. The Labute approximate surface area is 171 Å². The van der Waals surface area contributed by atoms with E-state index in [2.05, 4.69) is 28.1 Å². The highest BCUT2D eigenvalue weighted by Crippen LogP contribution is 2.40. The third-order valence-corrected chi connectivity index (χ3v) is 6.82. The van der Waals surface area contributed by atoms with Crippen LogP contribution < -0.4 is 14.2 Å². The topological polar surface area (TPSA) is 48.0 Å². The smallest absolute Gasteiger partial charge is 0.255 e. The molecule has 2 aromatic carbocycles. The van der Waals surface area contributed by atoms with Crippen LogP contribution in [0.15, 0.2) is 40.9 Å². The van der Waals surface area contributed by atoms with Gasteiger partial charge in [-0.05, 0) is 58.2 Å². The van der Waals surface area contributed by atoms with Crippen molar-refractivity contribution in [3.05, 3.63) is 52.0 Å². The van der Waals surface area contributed by atoms with Gasteiger partial charge in [-0.2, -0.15) is 11.8 Å². The molecule has 0 radical (unpaired) electrons. The molecular formula is C20H20BrNO4S. The number of nitrogens with zero attached hydrogens (tertiary/aromatic N) is 1. The lowest BCUT2D eigenvalue weighted by Crippen LogP contribution is -2.33. The fourth-order valence-electron chi connectivity index (χ4n) is 3.32. The third-order valence-electron chi connectivity index (χ3n) is 4.80. The summed E-state index contributed by atoms with van der Waals surface area (Å²) in [4.78, 5) is 15.0. The molecule has 2 aliphatic rings. The first-order chi connectivity index (χ1) is 13.2. The molecule has 2 aromatic rings. The van der Waals surface area contributed by atoms with Crippen LogP contribution in [0.3, 0.4) is 0 Å². The van der Waals surface area contributed by atoms with Gasteiger partial charge in [0, 0.05) is 28.6 Å². The number of thioether (sulfide) groups is 1. The van der Waals surface area contributed by atoms with E-state index in [0.29, 0.717) is 23.1 Å². The minimum Gasteiger partial charge on any atom is -0.497 e. The number of fused-ring (bicyclic) bond motifs is 1. The molecule has 7 heteroatoms. The van der Waals surface area contributed by atoms with E-state index >= 15 is 0 Å². The van der Waals surface area contributed by atoms with Gasteiger partial charge in [-0.25, -0.2) is 0 Å². The van der Waals surface area contributed by atoms with Crippen molar-refractivity contribution in [3.8, 4) is 17.2 Å². The molecule has 0 N–H and O–H groups in total. The van der Waals surface area contributed by atoms with Crippen LogP contribution >= 0.6 is 27.7 Å². The van der Waals surface area contributed by atoms with Gasteiger partial charge in [-0.3, -0.25) is 4.79 Å². The van der Waals surface area contributed by atoms with E-state index in [4.69, 9.17) is 14.2 Å². The van der Waals surface area contributed by atoms with Crippen LogP contribution in [0.1, 0.15) is 27.6 Å². The highest BCUT2D eigenvalue weighted by atomic mass is 79.9. The number of carbonyl (C=O) groups is 1. The van der Waals surface area contributed by atoms with Gasteiger partial charge in [0.1, 0.15) is 5.75 Å². The number of hydrogen-bond acceptors (Lipinski definition) is 5. The maximum Gasteiger partial charge on any atom is 0.255 e. The van der Waals surface area contributed by atoms with Crippen molar-refractivity contribution < 1.29 is 19.0 Å². The van der Waals surface area contributed by atoms with Crippen molar-refractivity contribution in [1.82, 2.24) is 4.90 Å². The van der Waals surface area contributed by atoms with Crippen LogP contribution in [-0.4, -0.2) is 43.6 Å². The zero-order chi connectivity index (χ0) is 18.8. The molecule has 142 valence electrons. The van der Waals surface area contributed by atoms with Crippen molar-refractivity contribution in [3.63, 3.8) is 0 Å². The van der Waals surface area contributed by atoms with Gasteiger partial charge in [0.25, 0.3) is 5.91 Å². The summed E-state index contributed by atoms with van der Waals surface area (Å²) >= 11 is 5.37. The van der Waals surface area contributed by atoms with Gasteiger partial charge in [0.15, 0.2) is 11.5 Å². The third kappa shape index (κ3) is 3.89. The Morgan fingerprint density at radius 1 is 1.19 bits per heavy atom. The van der Waals surface area contributed by atoms with Crippen molar-refractivity contribution in [2.45, 2.75) is 11.7 Å². The molecule has 4 rings (SSSR count). The number of rotatable bonds is 3. The Bertz CT molecular complexity index is 860. The van der Waals surface area contributed by atoms with E-state index in [-0.39, 0.29) is 12.7 Å². The average molecular weight is 450 g/mol. The summed E-state index contributed by atoms with van der Waals surface area (Å²) in [6.07, 6.45) is 0.900. The van der Waals surface area contributed by atoms with E-state index < -0.39 is 0 Å². The lowest BCUT2D eigenvalue weighted by Gasteiger charge is -2.21. The number of amides is 1. The van der Waals surface area contributed by atoms with E-state index in [0.717, 1.165) is 34.7 Å². The van der Waals surface area contributed by atoms with Gasteiger partial charge >= 0.3 is 0 Å². The first kappa shape index (κ1) is 18.5. The fourth-order valence-corrected chi connectivity index (χ4v) is 4.96. The summed E-state index contributed by atoms with van der Waals surface area (Å²) in [5.74, 6) is 3.23. The molecule has 0 spiro atoms. The SMILES string of the molecule is COc1ccc(Br)c(C(=O)N2CCSC(c3ccc4c(c3)OCO4)CC2)c1. The van der Waals surface area contributed by atoms with Crippen molar-refractivity contribution in [2.24, 2.45) is 0 Å². The first-order valence-corrected chi connectivity index (χ1v) is 10.6. The molecule has 27 heavy (non-hydrogen) atoms. The Balaban J connectivity index is 1.48. The standard InChI is InChI=1S/C20H20BrNO4S/c1-24-14-3-4-16(21)15(11-14)20(23)22-7-6-19(27-9-8-22)13-2-5-17-18(10-13)26-12-25-17/h2-5,10-11,19H,6-9,12H2,1H3. The number of benzene rings is 2. The number of carbonyl (C=O) groups excluding carboxylic acids is 1. The zero-order valence-electron chi connectivity index (χ0n) is 14.9. The summed E-state index contributed by atoms with van der Waals surface area (Å²) in [6, 6.07) is 11.6. The summed E-state index contributed by atoms with van der Waals surface area (Å²) in [6.45, 7) is 1.73. The number of hydrogen-bond donors (Lipinski definition) is 0. The minimum absolute atomic E-state index is 0.0349. The molecule has 1 fully saturated rings. The van der Waals surface area contributed by atoms with Crippen LogP contribution in [0.2, 0.25) is 0 Å². The van der Waals surface area contributed by atoms with Crippen molar-refractivity contribution in [2.75, 3.05) is 32.7 Å². The quantitative estimate of drug-likeness (QED) is 0.689. The highest BCUT2D eigenvalue weighted by molar-refractivity contribution is 9.10. The summed E-state index contributed by atoms with van der Waals surface area (Å²) in [7, 11) is 1.61. The van der Waals surface area contributed by atoms with E-state index in [1.165, 1.54) is 5.56 Å². The molecule has 2 aliphatic heterocycles. The molecule has 0 aromatic heterocycles. The molecule has 1 saturated heterocycles. The van der Waals surface area contributed by atoms with Crippen molar-refractivity contribution >= 4 is 33.6 Å². The predicted molar refractivity (Wildman–Crippen MR) is 109 cm³/mol. The molecule has 0 saturated carbocycles. The average Bonchev–Trinajstić information content (AvgIpc) is 3.02. The molecule has 1 unspecified atom stereocenters. The minimum atomic E-state index is 0.0349. The monoisotopic (exact) mass is 449 g/mol. The largest absolute Gasteiger partial charge is 0.497 e. The molecule has 1 atom stereocenters. The molecular weight excluding hydrogens is 430 g/mol. The highest BCUT2D eigenvalue weighted by Gasteiger charge is 2.25. The number of ether oxygens (including phenoxy) is 3. The van der Waals surface area contributed by atoms with Gasteiger partial charge in [-0.15, -0.1) is 0 Å². The summed E-state index contributed by atoms with van der Waals surface area (Å²) < 4.78 is 17.0. The fraction of sp³-hybridized carbons (Fsp3) is 0.350. The van der Waals surface area contributed by atoms with Crippen LogP contribution in [0, 0.1) is 0 Å². The zero-order valence-corrected chi connectivity index (χ0v) is 17.3. The molecule has 2 heterocycles. The number of halogens is 1. The Morgan fingerprint density at radius 2 is 2.04 bits per heavy atom. The van der Waals surface area contributed by atoms with Gasteiger partial charge in [-0.1, -0.05) is 6.07 Å². The van der Waals surface area contributed by atoms with Gasteiger partial charge < -0.3 is 19.1 Å². The van der Waals surface area contributed by atoms with E-state index in [9.17, 15) is 4.79 Å². The van der Waals surface area contributed by atoms with Crippen LogP contribution in [0.25, 0.3) is 0 Å². The second kappa shape index (κ2) is 8.02. The van der Waals surface area contributed by atoms with Crippen molar-refractivity contribution in [1.29, 1.82) is 0 Å². The van der Waals surface area contributed by atoms with E-state index in [1.54, 1.807) is 13.2 Å². The van der Waals surface area contributed by atoms with Crippen LogP contribution in [0.4, 0.5) is 0 Å². The lowest BCUT2D eigenvalue weighted by atomic mass is 10.1. The summed E-state index contributed by atoms with van der Waals surface area (Å²) in [5.41, 5.74) is 1.86. The number of methoxy groups -OCH3 is 1. The molecule has 0 bridgehead atoms. The Hall–Kier alpha value is -1.86. The Morgan fingerprint density at radius 3 is 2.89 bits per heavy atom. The normalized spacial score (nSPS) is 18.9. The van der Waals surface area contributed by atoms with Crippen LogP contribution in [-0.2, 0) is 0 Å². The van der Waals surface area contributed by atoms with Gasteiger partial charge in [0.2, 0.25) is 6.79 Å². The molecule has 0 aliphatic carbocycles. The first-order valence-electron chi connectivity index (χ1n) is 8.79. The van der Waals surface area contributed by atoms with E-state index in [1.807, 2.05) is 34.9 Å². The van der Waals surface area contributed by atoms with Gasteiger partial charge in [0.05, 0.1) is 12.7 Å². The van der Waals surface area contributed by atoms with Crippen LogP contribution in [0.5, 0.6) is 17.2 Å². The second-order valence-electron chi connectivity index (χ2n) is 6.40. The molecule has 1 amide bonds. The second-order valence-corrected chi connectivity index (χ2v) is 8.56. The lowest BCUT2D eigenvalue weighted by molar-refractivity contribution is 0.0765. The Kier molecular flexibility index (Phi) is 5.50.